The van der Waals surface area contributed by atoms with Crippen LogP contribution >= 0.6 is 0 Å². The van der Waals surface area contributed by atoms with Crippen LogP contribution in [0.1, 0.15) is 271 Å². The summed E-state index contributed by atoms with van der Waals surface area (Å²) in [4.78, 5) is 37.5. The molecule has 0 radical (unpaired) electrons. The van der Waals surface area contributed by atoms with Crippen molar-refractivity contribution < 1.29 is 42.9 Å². The molecule has 0 saturated carbocycles. The quantitative estimate of drug-likeness (QED) is 0.0211. The molecule has 0 heterocycles. The number of quaternary nitrogens is 1. The number of esters is 2. The van der Waals surface area contributed by atoms with Gasteiger partial charge in [0.15, 0.2) is 6.10 Å². The van der Waals surface area contributed by atoms with Crippen molar-refractivity contribution in [3.05, 3.63) is 97.2 Å². The second kappa shape index (κ2) is 60.3. The highest BCUT2D eigenvalue weighted by Crippen LogP contribution is 2.17. The maximum atomic E-state index is 12.9. The van der Waals surface area contributed by atoms with E-state index in [4.69, 9.17) is 18.9 Å². The number of ether oxygens (including phenoxy) is 4. The SMILES string of the molecule is CC/C=C\C/C=C\C/C=C\C/C=C\C/C=C\CCCCCCCCCCCCCCCCCCCCCCCC(=O)OC(COC(=O)CCCCCCCCC/C=C\C/C=C\C/C=C\CC)COC(OCC[N+](C)(C)C)C(=O)O. The molecule has 9 nitrogen and oxygen atoms in total. The summed E-state index contributed by atoms with van der Waals surface area (Å²) >= 11 is 0. The van der Waals surface area contributed by atoms with Gasteiger partial charge in [0.05, 0.1) is 34.4 Å². The average Bonchev–Trinajstić information content (AvgIpc) is 3.42. The maximum absolute atomic E-state index is 12.9. The summed E-state index contributed by atoms with van der Waals surface area (Å²) in [5.74, 6) is -2.01. The molecule has 0 bridgehead atoms. The van der Waals surface area contributed by atoms with Gasteiger partial charge in [-0.25, -0.2) is 4.79 Å². The van der Waals surface area contributed by atoms with Crippen LogP contribution in [0, 0.1) is 0 Å². The lowest BCUT2D eigenvalue weighted by molar-refractivity contribution is -0.870. The van der Waals surface area contributed by atoms with Crippen LogP contribution in [0.3, 0.4) is 0 Å². The third-order valence-electron chi connectivity index (χ3n) is 13.8. The average molecular weight is 1110 g/mol. The Labute approximate surface area is 486 Å². The van der Waals surface area contributed by atoms with Crippen LogP contribution in [0.15, 0.2) is 97.2 Å². The number of carboxylic acid groups (broad SMARTS) is 1. The Morgan fingerprint density at radius 1 is 0.380 bits per heavy atom. The lowest BCUT2D eigenvalue weighted by Gasteiger charge is -2.25. The smallest absolute Gasteiger partial charge is 0.361 e. The number of allylic oxidation sites excluding steroid dienone is 16. The molecule has 454 valence electrons. The van der Waals surface area contributed by atoms with E-state index in [-0.39, 0.29) is 38.6 Å². The molecule has 79 heavy (non-hydrogen) atoms. The number of likely N-dealkylation sites (N-methyl/N-ethyl adjacent to an activating group) is 1. The van der Waals surface area contributed by atoms with Crippen molar-refractivity contribution in [2.75, 3.05) is 47.5 Å². The van der Waals surface area contributed by atoms with Gasteiger partial charge in [0, 0.05) is 12.8 Å². The van der Waals surface area contributed by atoms with Gasteiger partial charge in [0.2, 0.25) is 0 Å². The molecule has 0 saturated heterocycles. The van der Waals surface area contributed by atoms with Crippen molar-refractivity contribution in [3.63, 3.8) is 0 Å². The molecule has 0 spiro atoms. The molecule has 9 heteroatoms. The van der Waals surface area contributed by atoms with Crippen molar-refractivity contribution in [3.8, 4) is 0 Å². The van der Waals surface area contributed by atoms with E-state index in [1.54, 1.807) is 0 Å². The Hall–Kier alpha value is -3.79. The predicted molar refractivity (Wildman–Crippen MR) is 336 cm³/mol. The van der Waals surface area contributed by atoms with Gasteiger partial charge in [-0.3, -0.25) is 9.59 Å². The number of carboxylic acids is 1. The first-order chi connectivity index (χ1) is 38.6. The summed E-state index contributed by atoms with van der Waals surface area (Å²) in [6.07, 6.45) is 79.4. The van der Waals surface area contributed by atoms with E-state index in [1.807, 2.05) is 21.1 Å². The summed E-state index contributed by atoms with van der Waals surface area (Å²) in [5, 5.41) is 9.72. The summed E-state index contributed by atoms with van der Waals surface area (Å²) in [6.45, 7) is 4.66. The fraction of sp³-hybridized carbons (Fsp3) is 0.729. The van der Waals surface area contributed by atoms with Crippen LogP contribution in [0.25, 0.3) is 0 Å². The van der Waals surface area contributed by atoms with Gasteiger partial charge >= 0.3 is 17.9 Å². The van der Waals surface area contributed by atoms with E-state index in [1.165, 1.54) is 141 Å². The largest absolute Gasteiger partial charge is 0.477 e. The number of aliphatic carboxylic acids is 1. The van der Waals surface area contributed by atoms with E-state index in [2.05, 4.69) is 111 Å². The van der Waals surface area contributed by atoms with Crippen LogP contribution in [0.4, 0.5) is 0 Å². The monoisotopic (exact) mass is 1100 g/mol. The van der Waals surface area contributed by atoms with Gasteiger partial charge in [-0.15, -0.1) is 0 Å². The first-order valence-electron chi connectivity index (χ1n) is 32.4. The summed E-state index contributed by atoms with van der Waals surface area (Å²) in [6, 6.07) is 0. The lowest BCUT2D eigenvalue weighted by atomic mass is 10.0. The number of nitrogens with zero attached hydrogens (tertiary/aromatic N) is 1. The lowest BCUT2D eigenvalue weighted by Crippen LogP contribution is -2.40. The van der Waals surface area contributed by atoms with Crippen molar-refractivity contribution in [1.82, 2.24) is 0 Å². The Bertz CT molecular complexity index is 1620. The minimum Gasteiger partial charge on any atom is -0.477 e. The number of carbonyl (C=O) groups excluding carboxylic acids is 2. The second-order valence-electron chi connectivity index (χ2n) is 22.7. The molecule has 2 unspecified atom stereocenters. The number of unbranched alkanes of at least 4 members (excludes halogenated alkanes) is 28. The van der Waals surface area contributed by atoms with Gasteiger partial charge in [-0.1, -0.05) is 265 Å². The number of carbonyl (C=O) groups is 3. The summed E-state index contributed by atoms with van der Waals surface area (Å²) in [7, 11) is 5.97. The summed E-state index contributed by atoms with van der Waals surface area (Å²) in [5.41, 5.74) is 0. The maximum Gasteiger partial charge on any atom is 0.361 e. The third kappa shape index (κ3) is 61.7. The van der Waals surface area contributed by atoms with E-state index < -0.39 is 24.3 Å². The minimum atomic E-state index is -1.52. The zero-order chi connectivity index (χ0) is 57.6. The van der Waals surface area contributed by atoms with Crippen molar-refractivity contribution in [2.45, 2.75) is 283 Å². The predicted octanol–water partition coefficient (Wildman–Crippen LogP) is 19.7. The second-order valence-corrected chi connectivity index (χ2v) is 22.7. The molecule has 0 fully saturated rings. The summed E-state index contributed by atoms with van der Waals surface area (Å²) < 4.78 is 22.9. The third-order valence-corrected chi connectivity index (χ3v) is 13.8. The molecule has 0 aliphatic carbocycles. The first-order valence-corrected chi connectivity index (χ1v) is 32.4. The molecular weight excluding hydrogens is 983 g/mol. The first kappa shape index (κ1) is 75.2. The topological polar surface area (TPSA) is 108 Å². The van der Waals surface area contributed by atoms with E-state index in [9.17, 15) is 19.5 Å². The van der Waals surface area contributed by atoms with Crippen LogP contribution in [0.2, 0.25) is 0 Å². The number of hydrogen-bond donors (Lipinski definition) is 1. The fourth-order valence-corrected chi connectivity index (χ4v) is 8.94. The Morgan fingerprint density at radius 3 is 1.01 bits per heavy atom. The highest BCUT2D eigenvalue weighted by atomic mass is 16.7. The van der Waals surface area contributed by atoms with Crippen molar-refractivity contribution in [1.29, 1.82) is 0 Å². The standard InChI is InChI=1S/C70H121NO8/c1-6-8-10-12-14-16-18-20-22-24-25-26-27-28-29-30-31-32-33-34-35-36-37-38-39-40-41-42-43-45-47-49-51-53-55-57-59-61-68(73)79-66(65-78-70(69(74)75)76-63-62-71(3,4)5)64-77-67(72)60-58-56-54-52-50-48-46-44-23-21-19-17-15-13-11-9-7-2/h8-11,14-17,20-23,25-26,28-29,66,70H,6-7,12-13,18-19,24,27,30-65H2,1-5H3/p+1/b10-8-,11-9-,16-14-,17-15-,22-20-,23-21-,26-25-,29-28-. The molecule has 0 aliphatic rings. The molecule has 0 rings (SSSR count). The van der Waals surface area contributed by atoms with Crippen LogP contribution in [-0.4, -0.2) is 87.4 Å². The highest BCUT2D eigenvalue weighted by molar-refractivity contribution is 5.71. The molecule has 0 amide bonds. The van der Waals surface area contributed by atoms with Gasteiger partial charge in [-0.05, 0) is 89.9 Å². The van der Waals surface area contributed by atoms with E-state index in [0.29, 0.717) is 11.0 Å². The molecule has 2 atom stereocenters. The molecule has 1 N–H and O–H groups in total. The van der Waals surface area contributed by atoms with Crippen LogP contribution in [0.5, 0.6) is 0 Å². The van der Waals surface area contributed by atoms with Gasteiger partial charge in [0.1, 0.15) is 13.2 Å². The van der Waals surface area contributed by atoms with Gasteiger partial charge in [0.25, 0.3) is 6.29 Å². The van der Waals surface area contributed by atoms with Crippen molar-refractivity contribution in [2.24, 2.45) is 0 Å². The Morgan fingerprint density at radius 2 is 0.684 bits per heavy atom. The highest BCUT2D eigenvalue weighted by Gasteiger charge is 2.25. The Balaban J connectivity index is 4.05. The normalized spacial score (nSPS) is 13.4. The van der Waals surface area contributed by atoms with Gasteiger partial charge in [-0.2, -0.15) is 0 Å². The molecular formula is C70H122NO8+. The van der Waals surface area contributed by atoms with Crippen LogP contribution < -0.4 is 0 Å². The molecule has 0 aromatic rings. The zero-order valence-corrected chi connectivity index (χ0v) is 51.8. The van der Waals surface area contributed by atoms with E-state index in [0.717, 1.165) is 103 Å². The zero-order valence-electron chi connectivity index (χ0n) is 51.8. The Kier molecular flexibility index (Phi) is 57.4. The van der Waals surface area contributed by atoms with E-state index >= 15 is 0 Å². The number of rotatable bonds is 59. The minimum absolute atomic E-state index is 0.184. The fourth-order valence-electron chi connectivity index (χ4n) is 8.94. The molecule has 0 aromatic carbocycles. The van der Waals surface area contributed by atoms with Gasteiger partial charge < -0.3 is 28.5 Å². The molecule has 0 aromatic heterocycles. The van der Waals surface area contributed by atoms with Crippen molar-refractivity contribution >= 4 is 17.9 Å². The number of hydrogen-bond acceptors (Lipinski definition) is 7. The van der Waals surface area contributed by atoms with Crippen LogP contribution in [-0.2, 0) is 33.3 Å². The molecule has 0 aliphatic heterocycles.